The third kappa shape index (κ3) is 0.866. The minimum Gasteiger partial charge on any atom is -0.481 e. The van der Waals surface area contributed by atoms with Crippen molar-refractivity contribution in [1.82, 2.24) is 0 Å². The first-order valence-electron chi connectivity index (χ1n) is 4.84. The lowest BCUT2D eigenvalue weighted by molar-refractivity contribution is -0.153. The summed E-state index contributed by atoms with van der Waals surface area (Å²) in [6, 6.07) is 0. The Morgan fingerprint density at radius 2 is 2.47 bits per heavy atom. The second-order valence-corrected chi connectivity index (χ2v) is 4.34. The third-order valence-corrected chi connectivity index (χ3v) is 3.56. The molecule has 2 saturated heterocycles. The summed E-state index contributed by atoms with van der Waals surface area (Å²) in [5.74, 6) is -1.42. The molecule has 0 saturated carbocycles. The van der Waals surface area contributed by atoms with Crippen LogP contribution in [0.15, 0.2) is 12.2 Å². The molecular weight excluding hydrogens is 200 g/mol. The average molecular weight is 210 g/mol. The Balaban J connectivity index is 2.07. The first kappa shape index (κ1) is 8.91. The number of ether oxygens (including phenoxy) is 2. The zero-order valence-corrected chi connectivity index (χ0v) is 7.93. The van der Waals surface area contributed by atoms with E-state index < -0.39 is 23.0 Å². The van der Waals surface area contributed by atoms with Gasteiger partial charge in [-0.15, -0.1) is 0 Å². The lowest BCUT2D eigenvalue weighted by Crippen LogP contribution is -2.45. The summed E-state index contributed by atoms with van der Waals surface area (Å²) in [6.45, 7) is 0.145. The molecule has 15 heavy (non-hydrogen) atoms. The quantitative estimate of drug-likeness (QED) is 0.517. The Bertz CT molecular complexity index is 387. The van der Waals surface area contributed by atoms with E-state index in [1.807, 2.05) is 6.08 Å². The predicted octanol–water partition coefficient (Wildman–Crippen LogP) is 0.102. The van der Waals surface area contributed by atoms with Crippen LogP contribution in [0.4, 0.5) is 0 Å². The van der Waals surface area contributed by atoms with Crippen LogP contribution in [0.5, 0.6) is 0 Å². The molecule has 0 radical (unpaired) electrons. The van der Waals surface area contributed by atoms with Crippen LogP contribution in [0.3, 0.4) is 0 Å². The minimum atomic E-state index is -0.988. The molecule has 2 bridgehead atoms. The van der Waals surface area contributed by atoms with E-state index >= 15 is 0 Å². The molecule has 2 fully saturated rings. The highest BCUT2D eigenvalue weighted by Crippen LogP contribution is 2.58. The first-order valence-corrected chi connectivity index (χ1v) is 4.84. The normalized spacial score (nSPS) is 45.6. The van der Waals surface area contributed by atoms with Gasteiger partial charge in [-0.3, -0.25) is 9.59 Å². The summed E-state index contributed by atoms with van der Waals surface area (Å²) in [7, 11) is 0. The van der Waals surface area contributed by atoms with Gasteiger partial charge in [-0.25, -0.2) is 0 Å². The van der Waals surface area contributed by atoms with Gasteiger partial charge in [-0.2, -0.15) is 0 Å². The number of cyclic esters (lactones) is 1. The van der Waals surface area contributed by atoms with E-state index in [1.54, 1.807) is 6.08 Å². The first-order chi connectivity index (χ1) is 7.08. The standard InChI is InChI=1S/C10H10O5/c11-7(12)4-9-3-6-1-2-10(9,15-6)5-14-8(9)13/h1-2,6H,3-5H2,(H,11,12)/t6-,9-,10-/m1/s1. The average Bonchev–Trinajstić information content (AvgIpc) is 2.75. The van der Waals surface area contributed by atoms with Crippen LogP contribution in [0.1, 0.15) is 12.8 Å². The zero-order valence-electron chi connectivity index (χ0n) is 7.93. The summed E-state index contributed by atoms with van der Waals surface area (Å²) < 4.78 is 10.6. The van der Waals surface area contributed by atoms with Gasteiger partial charge >= 0.3 is 11.9 Å². The number of hydrogen-bond acceptors (Lipinski definition) is 4. The van der Waals surface area contributed by atoms with Crippen molar-refractivity contribution in [1.29, 1.82) is 0 Å². The van der Waals surface area contributed by atoms with Crippen LogP contribution in [0.25, 0.3) is 0 Å². The number of esters is 1. The second-order valence-electron chi connectivity index (χ2n) is 4.34. The fraction of sp³-hybridized carbons (Fsp3) is 0.600. The van der Waals surface area contributed by atoms with Crippen LogP contribution < -0.4 is 0 Å². The van der Waals surface area contributed by atoms with Gasteiger partial charge in [0.1, 0.15) is 17.6 Å². The molecule has 3 heterocycles. The smallest absolute Gasteiger partial charge is 0.316 e. The highest BCUT2D eigenvalue weighted by Gasteiger charge is 2.70. The Morgan fingerprint density at radius 3 is 3.13 bits per heavy atom. The summed E-state index contributed by atoms with van der Waals surface area (Å²) in [6.07, 6.45) is 3.75. The molecule has 0 aromatic carbocycles. The van der Waals surface area contributed by atoms with Crippen LogP contribution in [-0.2, 0) is 19.1 Å². The zero-order chi connectivity index (χ0) is 10.7. The molecule has 3 aliphatic heterocycles. The van der Waals surface area contributed by atoms with Gasteiger partial charge in [0, 0.05) is 0 Å². The number of carboxylic acid groups (broad SMARTS) is 1. The van der Waals surface area contributed by atoms with Crippen molar-refractivity contribution >= 4 is 11.9 Å². The van der Waals surface area contributed by atoms with E-state index in [4.69, 9.17) is 14.6 Å². The van der Waals surface area contributed by atoms with Gasteiger partial charge in [-0.05, 0) is 12.5 Å². The number of aliphatic carboxylic acids is 1. The van der Waals surface area contributed by atoms with Crippen molar-refractivity contribution in [2.24, 2.45) is 5.41 Å². The number of rotatable bonds is 2. The van der Waals surface area contributed by atoms with Crippen molar-refractivity contribution in [3.63, 3.8) is 0 Å². The van der Waals surface area contributed by atoms with Crippen LogP contribution in [-0.4, -0.2) is 35.4 Å². The van der Waals surface area contributed by atoms with Gasteiger partial charge in [0.25, 0.3) is 0 Å². The maximum absolute atomic E-state index is 11.7. The second kappa shape index (κ2) is 2.41. The lowest BCUT2D eigenvalue weighted by atomic mass is 9.68. The third-order valence-electron chi connectivity index (χ3n) is 3.56. The maximum Gasteiger partial charge on any atom is 0.316 e. The molecule has 1 spiro atoms. The molecule has 0 aromatic rings. The highest BCUT2D eigenvalue weighted by molar-refractivity contribution is 5.87. The van der Waals surface area contributed by atoms with Crippen LogP contribution >= 0.6 is 0 Å². The minimum absolute atomic E-state index is 0.128. The molecule has 0 amide bonds. The molecule has 80 valence electrons. The van der Waals surface area contributed by atoms with Gasteiger partial charge in [0.2, 0.25) is 0 Å². The van der Waals surface area contributed by atoms with Gasteiger partial charge in [0.05, 0.1) is 12.5 Å². The van der Waals surface area contributed by atoms with Crippen LogP contribution in [0, 0.1) is 5.41 Å². The number of fused-ring (bicyclic) bond motifs is 1. The van der Waals surface area contributed by atoms with Crippen molar-refractivity contribution < 1.29 is 24.2 Å². The van der Waals surface area contributed by atoms with E-state index in [1.165, 1.54) is 0 Å². The summed E-state index contributed by atoms with van der Waals surface area (Å²) >= 11 is 0. The van der Waals surface area contributed by atoms with E-state index in [2.05, 4.69) is 0 Å². The Kier molecular flexibility index (Phi) is 1.43. The van der Waals surface area contributed by atoms with Crippen molar-refractivity contribution in [2.75, 3.05) is 6.61 Å². The molecule has 1 N–H and O–H groups in total. The Morgan fingerprint density at radius 1 is 1.67 bits per heavy atom. The van der Waals surface area contributed by atoms with E-state index in [0.717, 1.165) is 0 Å². The molecule has 0 aliphatic carbocycles. The van der Waals surface area contributed by atoms with E-state index in [0.29, 0.717) is 6.42 Å². The van der Waals surface area contributed by atoms with E-state index in [9.17, 15) is 9.59 Å². The van der Waals surface area contributed by atoms with Crippen molar-refractivity contribution in [2.45, 2.75) is 24.5 Å². The number of hydrogen-bond donors (Lipinski definition) is 1. The number of carbonyl (C=O) groups excluding carboxylic acids is 1. The molecule has 0 aromatic heterocycles. The monoisotopic (exact) mass is 210 g/mol. The molecule has 3 atom stereocenters. The number of carbonyl (C=O) groups is 2. The predicted molar refractivity (Wildman–Crippen MR) is 47.0 cm³/mol. The van der Waals surface area contributed by atoms with Crippen LogP contribution in [0.2, 0.25) is 0 Å². The van der Waals surface area contributed by atoms with Crippen molar-refractivity contribution in [3.8, 4) is 0 Å². The summed E-state index contributed by atoms with van der Waals surface area (Å²) in [4.78, 5) is 22.5. The molecule has 5 nitrogen and oxygen atoms in total. The largest absolute Gasteiger partial charge is 0.481 e. The highest BCUT2D eigenvalue weighted by atomic mass is 16.6. The van der Waals surface area contributed by atoms with Gasteiger partial charge in [-0.1, -0.05) is 6.08 Å². The SMILES string of the molecule is O=C(O)C[C@@]12C[C@H]3C=C[C@]1(COC2=O)O3. The molecule has 5 heteroatoms. The summed E-state index contributed by atoms with van der Waals surface area (Å²) in [5.41, 5.74) is -1.80. The Hall–Kier alpha value is -1.36. The van der Waals surface area contributed by atoms with Gasteiger partial charge < -0.3 is 14.6 Å². The fourth-order valence-corrected chi connectivity index (χ4v) is 2.85. The lowest BCUT2D eigenvalue weighted by Gasteiger charge is -2.29. The number of carboxylic acids is 1. The van der Waals surface area contributed by atoms with Gasteiger partial charge in [0.15, 0.2) is 0 Å². The maximum atomic E-state index is 11.7. The molecular formula is C10H10O5. The fourth-order valence-electron chi connectivity index (χ4n) is 2.85. The molecule has 0 unspecified atom stereocenters. The van der Waals surface area contributed by atoms with E-state index in [-0.39, 0.29) is 19.1 Å². The topological polar surface area (TPSA) is 72.8 Å². The molecule has 3 aliphatic rings. The summed E-state index contributed by atoms with van der Waals surface area (Å²) in [5, 5.41) is 8.87. The Labute approximate surface area is 85.7 Å². The van der Waals surface area contributed by atoms with Crippen molar-refractivity contribution in [3.05, 3.63) is 12.2 Å². The molecule has 3 rings (SSSR count).